The van der Waals surface area contributed by atoms with Gasteiger partial charge in [-0.25, -0.2) is 9.78 Å². The number of carbonyl (C=O) groups is 1. The Morgan fingerprint density at radius 3 is 2.16 bits per heavy atom. The first-order chi connectivity index (χ1) is 15.2. The van der Waals surface area contributed by atoms with Crippen LogP contribution in [-0.4, -0.2) is 22.3 Å². The van der Waals surface area contributed by atoms with E-state index < -0.39 is 11.5 Å². The molecule has 0 bridgehead atoms. The summed E-state index contributed by atoms with van der Waals surface area (Å²) < 4.78 is 0. The van der Waals surface area contributed by atoms with Gasteiger partial charge in [0.25, 0.3) is 0 Å². The molecule has 3 N–H and O–H groups in total. The van der Waals surface area contributed by atoms with Crippen LogP contribution in [0.3, 0.4) is 0 Å². The average molecular weight is 409 g/mol. The fourth-order valence-corrected chi connectivity index (χ4v) is 4.07. The number of nitrogens with zero attached hydrogens (tertiary/aromatic N) is 1. The van der Waals surface area contributed by atoms with E-state index >= 15 is 0 Å². The predicted octanol–water partition coefficient (Wildman–Crippen LogP) is 5.41. The van der Waals surface area contributed by atoms with Crippen molar-refractivity contribution in [1.82, 2.24) is 4.98 Å². The molecule has 5 heteroatoms. The van der Waals surface area contributed by atoms with Gasteiger partial charge >= 0.3 is 5.97 Å². The second-order valence-corrected chi connectivity index (χ2v) is 7.32. The number of anilines is 1. The van der Waals surface area contributed by atoms with Crippen molar-refractivity contribution in [3.8, 4) is 0 Å². The summed E-state index contributed by atoms with van der Waals surface area (Å²) in [4.78, 5) is 16.2. The number of rotatable bonds is 7. The maximum atomic E-state index is 11.8. The average Bonchev–Trinajstić information content (AvgIpc) is 2.84. The van der Waals surface area contributed by atoms with Crippen molar-refractivity contribution in [2.24, 2.45) is 0 Å². The van der Waals surface area contributed by atoms with Crippen LogP contribution in [0.5, 0.6) is 0 Å². The van der Waals surface area contributed by atoms with E-state index in [2.05, 4.69) is 52.8 Å². The van der Waals surface area contributed by atoms with Crippen LogP contribution in [0.15, 0.2) is 96.7 Å². The van der Waals surface area contributed by atoms with E-state index in [-0.39, 0.29) is 11.1 Å². The Balaban J connectivity index is 2.01. The molecule has 0 saturated carbocycles. The third-order valence-electron chi connectivity index (χ3n) is 5.51. The van der Waals surface area contributed by atoms with Gasteiger partial charge in [0.05, 0.1) is 5.56 Å². The van der Waals surface area contributed by atoms with Crippen LogP contribution in [-0.2, 0) is 5.54 Å². The Labute approximate surface area is 181 Å². The summed E-state index contributed by atoms with van der Waals surface area (Å²) >= 11 is 0. The molecule has 5 nitrogen and oxygen atoms in total. The highest BCUT2D eigenvalue weighted by Crippen LogP contribution is 2.42. The van der Waals surface area contributed by atoms with E-state index in [1.807, 2.05) is 36.4 Å². The lowest BCUT2D eigenvalue weighted by molar-refractivity contribution is 0.0696. The molecule has 0 amide bonds. The number of pyridine rings is 1. The van der Waals surface area contributed by atoms with Crippen LogP contribution in [0.25, 0.3) is 0 Å². The molecule has 1 aliphatic carbocycles. The summed E-state index contributed by atoms with van der Waals surface area (Å²) in [5, 5.41) is 21.1. The van der Waals surface area contributed by atoms with Gasteiger partial charge in [-0.3, -0.25) is 0 Å². The van der Waals surface area contributed by atoms with E-state index in [1.54, 1.807) is 0 Å². The number of benzene rings is 2. The lowest BCUT2D eigenvalue weighted by Crippen LogP contribution is -2.39. The van der Waals surface area contributed by atoms with Gasteiger partial charge in [-0.05, 0) is 35.6 Å². The zero-order valence-corrected chi connectivity index (χ0v) is 17.0. The molecule has 1 aliphatic rings. The number of carboxylic acid groups (broad SMARTS) is 1. The monoisotopic (exact) mass is 409 g/mol. The molecular formula is C26H23N3O2. The molecule has 1 aromatic heterocycles. The second-order valence-electron chi connectivity index (χ2n) is 7.32. The van der Waals surface area contributed by atoms with Crippen molar-refractivity contribution in [3.63, 3.8) is 0 Å². The molecule has 0 atom stereocenters. The molecule has 0 fully saturated rings. The van der Waals surface area contributed by atoms with Crippen molar-refractivity contribution < 1.29 is 9.90 Å². The van der Waals surface area contributed by atoms with Gasteiger partial charge in [0.2, 0.25) is 0 Å². The molecule has 2 aromatic carbocycles. The van der Waals surface area contributed by atoms with Gasteiger partial charge < -0.3 is 15.8 Å². The van der Waals surface area contributed by atoms with E-state index in [4.69, 9.17) is 5.41 Å². The molecule has 1 heterocycles. The van der Waals surface area contributed by atoms with E-state index in [0.717, 1.165) is 35.8 Å². The maximum absolute atomic E-state index is 11.8. The quantitative estimate of drug-likeness (QED) is 0.456. The molecular weight excluding hydrogens is 386 g/mol. The lowest BCUT2D eigenvalue weighted by atomic mass is 9.75. The number of allylic oxidation sites excluding steroid dienone is 2. The third kappa shape index (κ3) is 3.78. The molecule has 0 radical (unpaired) electrons. The second kappa shape index (κ2) is 8.79. The van der Waals surface area contributed by atoms with Gasteiger partial charge in [-0.1, -0.05) is 78.9 Å². The number of nitrogens with one attached hydrogen (secondary N) is 2. The summed E-state index contributed by atoms with van der Waals surface area (Å²) in [5.74, 6) is -0.742. The summed E-state index contributed by atoms with van der Waals surface area (Å²) in [7, 11) is 0. The molecule has 0 aliphatic heterocycles. The Hall–Kier alpha value is -3.99. The normalized spacial score (nSPS) is 13.4. The number of hydrogen-bond acceptors (Lipinski definition) is 4. The van der Waals surface area contributed by atoms with E-state index in [1.165, 1.54) is 12.3 Å². The Kier molecular flexibility index (Phi) is 5.76. The van der Waals surface area contributed by atoms with Crippen LogP contribution >= 0.6 is 0 Å². The molecule has 3 aromatic rings. The SMILES string of the molecule is N=Cc1c(C(=O)O)ccnc1NC(C1=CCCC=C1)(c1ccccc1)c1ccccc1. The Bertz CT molecular complexity index is 1110. The van der Waals surface area contributed by atoms with Crippen molar-refractivity contribution in [2.45, 2.75) is 18.4 Å². The largest absolute Gasteiger partial charge is 0.478 e. The molecule has 154 valence electrons. The van der Waals surface area contributed by atoms with Gasteiger partial charge in [0.15, 0.2) is 0 Å². The minimum atomic E-state index is -1.09. The summed E-state index contributed by atoms with van der Waals surface area (Å²) in [6.07, 6.45) is 10.9. The van der Waals surface area contributed by atoms with Gasteiger partial charge in [-0.15, -0.1) is 0 Å². The van der Waals surface area contributed by atoms with Crippen LogP contribution in [0.4, 0.5) is 5.82 Å². The lowest BCUT2D eigenvalue weighted by Gasteiger charge is -2.39. The molecule has 0 spiro atoms. The number of carboxylic acids is 1. The number of aromatic carboxylic acids is 1. The first-order valence-electron chi connectivity index (χ1n) is 10.2. The number of hydrogen-bond donors (Lipinski definition) is 3. The van der Waals surface area contributed by atoms with Gasteiger partial charge in [0, 0.05) is 18.0 Å². The molecule has 0 unspecified atom stereocenters. The van der Waals surface area contributed by atoms with Crippen molar-refractivity contribution in [3.05, 3.63) is 119 Å². The fourth-order valence-electron chi connectivity index (χ4n) is 4.07. The highest BCUT2D eigenvalue weighted by atomic mass is 16.4. The third-order valence-corrected chi connectivity index (χ3v) is 5.51. The molecule has 4 rings (SSSR count). The number of aromatic nitrogens is 1. The van der Waals surface area contributed by atoms with Crippen molar-refractivity contribution >= 4 is 18.0 Å². The topological polar surface area (TPSA) is 86.1 Å². The standard InChI is InChI=1S/C26H23N3O2/c27-18-23-22(25(30)31)16-17-28-24(23)29-26(19-10-4-1-5-11-19,20-12-6-2-7-13-20)21-14-8-3-9-15-21/h1-2,4-8,10-18,27H,3,9H2,(H,28,29)(H,30,31). The highest BCUT2D eigenvalue weighted by Gasteiger charge is 2.38. The zero-order valence-electron chi connectivity index (χ0n) is 17.0. The molecule has 0 saturated heterocycles. The van der Waals surface area contributed by atoms with Crippen LogP contribution in [0, 0.1) is 5.41 Å². The Morgan fingerprint density at radius 2 is 1.65 bits per heavy atom. The summed E-state index contributed by atoms with van der Waals surface area (Å²) in [6, 6.07) is 21.5. The van der Waals surface area contributed by atoms with Gasteiger partial charge in [-0.2, -0.15) is 0 Å². The summed E-state index contributed by atoms with van der Waals surface area (Å²) in [5.41, 5.74) is 2.52. The highest BCUT2D eigenvalue weighted by molar-refractivity contribution is 6.01. The Morgan fingerprint density at radius 1 is 1.00 bits per heavy atom. The van der Waals surface area contributed by atoms with Crippen LogP contribution in [0.1, 0.15) is 39.9 Å². The van der Waals surface area contributed by atoms with Crippen LogP contribution < -0.4 is 5.32 Å². The van der Waals surface area contributed by atoms with Crippen LogP contribution in [0.2, 0.25) is 0 Å². The predicted molar refractivity (Wildman–Crippen MR) is 123 cm³/mol. The van der Waals surface area contributed by atoms with E-state index in [9.17, 15) is 9.90 Å². The summed E-state index contributed by atoms with van der Waals surface area (Å²) in [6.45, 7) is 0. The first kappa shape index (κ1) is 20.3. The smallest absolute Gasteiger partial charge is 0.336 e. The molecule has 31 heavy (non-hydrogen) atoms. The van der Waals surface area contributed by atoms with E-state index in [0.29, 0.717) is 5.82 Å². The van der Waals surface area contributed by atoms with Crippen molar-refractivity contribution in [2.75, 3.05) is 5.32 Å². The fraction of sp³-hybridized carbons (Fsp3) is 0.115. The van der Waals surface area contributed by atoms with Gasteiger partial charge in [0.1, 0.15) is 11.4 Å². The van der Waals surface area contributed by atoms with Crippen molar-refractivity contribution in [1.29, 1.82) is 5.41 Å². The maximum Gasteiger partial charge on any atom is 0.336 e. The zero-order chi connectivity index (χ0) is 21.7. The first-order valence-corrected chi connectivity index (χ1v) is 10.2. The minimum Gasteiger partial charge on any atom is -0.478 e. The minimum absolute atomic E-state index is 0.0377.